The number of nitrogens with zero attached hydrogens (tertiary/aromatic N) is 4. The van der Waals surface area contributed by atoms with Crippen LogP contribution in [-0.2, 0) is 4.79 Å². The number of aromatic nitrogens is 1. The van der Waals surface area contributed by atoms with Gasteiger partial charge in [0.2, 0.25) is 0 Å². The van der Waals surface area contributed by atoms with Gasteiger partial charge in [0.1, 0.15) is 5.82 Å². The Kier molecular flexibility index (Phi) is 5.37. The van der Waals surface area contributed by atoms with Crippen LogP contribution in [0.1, 0.15) is 37.8 Å². The molecule has 1 aliphatic carbocycles. The molecule has 0 aromatic carbocycles. The van der Waals surface area contributed by atoms with Crippen LogP contribution in [0.4, 0.5) is 5.82 Å². The number of β-amino-alcohol motifs (C(OH)–C–C–N with tert-alkyl or cyclic N) is 1. The van der Waals surface area contributed by atoms with Gasteiger partial charge in [-0.05, 0) is 50.7 Å². The second kappa shape index (κ2) is 7.76. The molecule has 0 radical (unpaired) electrons. The molecule has 0 unspecified atom stereocenters. The summed E-state index contributed by atoms with van der Waals surface area (Å²) in [6, 6.07) is 6.11. The highest BCUT2D eigenvalue weighted by atomic mass is 16.3. The molecule has 27 heavy (non-hydrogen) atoms. The first-order chi connectivity index (χ1) is 13.0. The minimum absolute atomic E-state index is 0.0385. The number of piperazine rings is 1. The van der Waals surface area contributed by atoms with E-state index in [0.717, 1.165) is 57.2 Å². The van der Waals surface area contributed by atoms with Crippen molar-refractivity contribution >= 4 is 11.7 Å². The highest BCUT2D eigenvalue weighted by molar-refractivity contribution is 5.86. The van der Waals surface area contributed by atoms with Crippen molar-refractivity contribution in [3.8, 4) is 0 Å². The normalized spacial score (nSPS) is 27.7. The third-order valence-corrected chi connectivity index (χ3v) is 6.46. The molecule has 148 valence electrons. The number of rotatable bonds is 5. The zero-order chi connectivity index (χ0) is 18.9. The van der Waals surface area contributed by atoms with Gasteiger partial charge in [0, 0.05) is 51.5 Å². The third kappa shape index (κ3) is 4.11. The Hall–Kier alpha value is -1.66. The van der Waals surface area contributed by atoms with Crippen molar-refractivity contribution in [2.75, 3.05) is 50.7 Å². The van der Waals surface area contributed by atoms with Crippen molar-refractivity contribution in [1.29, 1.82) is 0 Å². The van der Waals surface area contributed by atoms with E-state index in [-0.39, 0.29) is 5.91 Å². The summed E-state index contributed by atoms with van der Waals surface area (Å²) in [5, 5.41) is 11.1. The van der Waals surface area contributed by atoms with E-state index in [1.54, 1.807) is 0 Å². The predicted molar refractivity (Wildman–Crippen MR) is 106 cm³/mol. The Balaban J connectivity index is 1.32. The lowest BCUT2D eigenvalue weighted by Gasteiger charge is -2.44. The van der Waals surface area contributed by atoms with E-state index >= 15 is 0 Å². The molecular formula is C21H32N4O2. The zero-order valence-corrected chi connectivity index (χ0v) is 16.4. The lowest BCUT2D eigenvalue weighted by Crippen LogP contribution is -2.61. The molecule has 6 heteroatoms. The molecule has 3 aliphatic rings. The topological polar surface area (TPSA) is 59.9 Å². The van der Waals surface area contributed by atoms with E-state index < -0.39 is 5.60 Å². The largest absolute Gasteiger partial charge is 0.379 e. The number of likely N-dealkylation sites (tertiary alicyclic amines) is 1. The van der Waals surface area contributed by atoms with E-state index in [9.17, 15) is 9.90 Å². The number of amides is 1. The van der Waals surface area contributed by atoms with Crippen LogP contribution in [0.2, 0.25) is 0 Å². The lowest BCUT2D eigenvalue weighted by atomic mass is 9.83. The molecule has 3 fully saturated rings. The Bertz CT molecular complexity index is 670. The molecule has 1 N–H and O–H groups in total. The Morgan fingerprint density at radius 2 is 1.93 bits per heavy atom. The van der Waals surface area contributed by atoms with Crippen LogP contribution in [-0.4, -0.2) is 77.2 Å². The van der Waals surface area contributed by atoms with E-state index in [1.165, 1.54) is 19.3 Å². The van der Waals surface area contributed by atoms with Gasteiger partial charge in [-0.25, -0.2) is 4.98 Å². The van der Waals surface area contributed by atoms with Crippen LogP contribution < -0.4 is 4.90 Å². The molecule has 1 atom stereocenters. The van der Waals surface area contributed by atoms with Gasteiger partial charge in [-0.15, -0.1) is 0 Å². The molecule has 3 heterocycles. The van der Waals surface area contributed by atoms with Crippen LogP contribution in [0, 0.1) is 12.8 Å². The molecule has 0 spiro atoms. The second-order valence-corrected chi connectivity index (χ2v) is 8.58. The maximum atomic E-state index is 12.9. The van der Waals surface area contributed by atoms with Gasteiger partial charge in [0.25, 0.3) is 5.91 Å². The maximum Gasteiger partial charge on any atom is 0.255 e. The number of piperidine rings is 1. The quantitative estimate of drug-likeness (QED) is 0.852. The van der Waals surface area contributed by atoms with Gasteiger partial charge in [0.05, 0.1) is 0 Å². The van der Waals surface area contributed by atoms with Crippen LogP contribution in [0.5, 0.6) is 0 Å². The minimum Gasteiger partial charge on any atom is -0.379 e. The van der Waals surface area contributed by atoms with Gasteiger partial charge in [-0.3, -0.25) is 9.69 Å². The summed E-state index contributed by atoms with van der Waals surface area (Å²) in [7, 11) is 0. The average molecular weight is 373 g/mol. The molecular weight excluding hydrogens is 340 g/mol. The summed E-state index contributed by atoms with van der Waals surface area (Å²) in [5.41, 5.74) is -0.172. The first-order valence-corrected chi connectivity index (χ1v) is 10.5. The summed E-state index contributed by atoms with van der Waals surface area (Å²) < 4.78 is 0. The fourth-order valence-corrected chi connectivity index (χ4v) is 4.58. The van der Waals surface area contributed by atoms with Crippen molar-refractivity contribution in [1.82, 2.24) is 14.8 Å². The summed E-state index contributed by atoms with van der Waals surface area (Å²) >= 11 is 0. The molecule has 1 saturated carbocycles. The average Bonchev–Trinajstić information content (AvgIpc) is 2.62. The highest BCUT2D eigenvalue weighted by Gasteiger charge is 2.44. The molecule has 6 nitrogen and oxygen atoms in total. The number of pyridine rings is 1. The minimum atomic E-state index is -1.20. The maximum absolute atomic E-state index is 12.9. The van der Waals surface area contributed by atoms with Crippen LogP contribution in [0.3, 0.4) is 0 Å². The smallest absolute Gasteiger partial charge is 0.255 e. The number of aliphatic hydroxyl groups is 1. The van der Waals surface area contributed by atoms with E-state index in [4.69, 9.17) is 0 Å². The summed E-state index contributed by atoms with van der Waals surface area (Å²) in [5.74, 6) is 1.64. The summed E-state index contributed by atoms with van der Waals surface area (Å²) in [4.78, 5) is 24.0. The Labute approximate surface area is 162 Å². The van der Waals surface area contributed by atoms with Crippen LogP contribution in [0.15, 0.2) is 18.2 Å². The van der Waals surface area contributed by atoms with Gasteiger partial charge in [-0.1, -0.05) is 12.5 Å². The van der Waals surface area contributed by atoms with Crippen molar-refractivity contribution in [2.45, 2.75) is 44.6 Å². The lowest BCUT2D eigenvalue weighted by molar-refractivity contribution is -0.160. The molecule has 2 aliphatic heterocycles. The van der Waals surface area contributed by atoms with Crippen LogP contribution >= 0.6 is 0 Å². The van der Waals surface area contributed by atoms with Crippen molar-refractivity contribution < 1.29 is 9.90 Å². The first-order valence-electron chi connectivity index (χ1n) is 10.5. The van der Waals surface area contributed by atoms with Gasteiger partial charge < -0.3 is 14.9 Å². The Morgan fingerprint density at radius 3 is 2.59 bits per heavy atom. The third-order valence-electron chi connectivity index (χ3n) is 6.46. The molecule has 2 saturated heterocycles. The van der Waals surface area contributed by atoms with Gasteiger partial charge >= 0.3 is 0 Å². The molecule has 1 aromatic rings. The van der Waals surface area contributed by atoms with Crippen molar-refractivity contribution in [3.63, 3.8) is 0 Å². The highest BCUT2D eigenvalue weighted by Crippen LogP contribution is 2.31. The van der Waals surface area contributed by atoms with Gasteiger partial charge in [0.15, 0.2) is 5.60 Å². The van der Waals surface area contributed by atoms with E-state index in [1.807, 2.05) is 24.0 Å². The molecule has 4 rings (SSSR count). The molecule has 0 bridgehead atoms. The second-order valence-electron chi connectivity index (χ2n) is 8.58. The SMILES string of the molecule is Cc1cccc(N2CCN(C[C@@]3(O)CCCN(CC4CCC4)C3=O)CC2)n1. The standard InChI is InChI=1S/C21H32N4O2/c1-17-5-2-8-19(22-17)24-13-11-23(12-14-24)16-21(27)9-4-10-25(20(21)26)15-18-6-3-7-18/h2,5,8,18,27H,3-4,6-7,9-16H2,1H3/t21-/m0/s1. The number of carbonyl (C=O) groups is 1. The number of hydrogen-bond acceptors (Lipinski definition) is 5. The molecule has 1 amide bonds. The first kappa shape index (κ1) is 18.7. The van der Waals surface area contributed by atoms with Crippen molar-refractivity contribution in [3.05, 3.63) is 23.9 Å². The Morgan fingerprint density at radius 1 is 1.15 bits per heavy atom. The monoisotopic (exact) mass is 372 g/mol. The number of aryl methyl sites for hydroxylation is 1. The van der Waals surface area contributed by atoms with E-state index in [2.05, 4.69) is 20.9 Å². The van der Waals surface area contributed by atoms with E-state index in [0.29, 0.717) is 18.9 Å². The summed E-state index contributed by atoms with van der Waals surface area (Å²) in [6.45, 7) is 7.60. The number of hydrogen-bond donors (Lipinski definition) is 1. The van der Waals surface area contributed by atoms with Gasteiger partial charge in [-0.2, -0.15) is 0 Å². The summed E-state index contributed by atoms with van der Waals surface area (Å²) in [6.07, 6.45) is 5.25. The predicted octanol–water partition coefficient (Wildman–Crippen LogP) is 1.67. The fraction of sp³-hybridized carbons (Fsp3) is 0.714. The zero-order valence-electron chi connectivity index (χ0n) is 16.4. The number of carbonyl (C=O) groups excluding carboxylic acids is 1. The fourth-order valence-electron chi connectivity index (χ4n) is 4.58. The van der Waals surface area contributed by atoms with Crippen molar-refractivity contribution in [2.24, 2.45) is 5.92 Å². The number of anilines is 1. The van der Waals surface area contributed by atoms with Crippen LogP contribution in [0.25, 0.3) is 0 Å². The molecule has 1 aromatic heterocycles.